The lowest BCUT2D eigenvalue weighted by atomic mass is 10.00. The summed E-state index contributed by atoms with van der Waals surface area (Å²) in [6.07, 6.45) is 1.04. The number of rotatable bonds is 10. The van der Waals surface area contributed by atoms with Crippen LogP contribution >= 0.6 is 0 Å². The Morgan fingerprint density at radius 3 is 2.27 bits per heavy atom. The van der Waals surface area contributed by atoms with Crippen molar-refractivity contribution in [3.05, 3.63) is 101 Å². The van der Waals surface area contributed by atoms with Crippen molar-refractivity contribution in [2.75, 3.05) is 13.7 Å². The Morgan fingerprint density at radius 2 is 1.64 bits per heavy atom. The maximum atomic E-state index is 11.1. The topological polar surface area (TPSA) is 81.8 Å². The molecule has 0 spiro atoms. The number of nitrogens with two attached hydrogens (primary N) is 1. The number of ether oxygens (including phenoxy) is 2. The molecular weight excluding hydrogens is 414 g/mol. The highest BCUT2D eigenvalue weighted by Gasteiger charge is 2.16. The molecule has 3 aromatic carbocycles. The maximum Gasteiger partial charge on any atom is 0.333 e. The average Bonchev–Trinajstić information content (AvgIpc) is 2.85. The summed E-state index contributed by atoms with van der Waals surface area (Å²) in [5.74, 6) is 6.14. The molecule has 2 unspecified atom stereocenters. The van der Waals surface area contributed by atoms with Gasteiger partial charge in [0.2, 0.25) is 0 Å². The van der Waals surface area contributed by atoms with Crippen molar-refractivity contribution < 1.29 is 19.4 Å². The maximum absolute atomic E-state index is 11.1. The van der Waals surface area contributed by atoms with Gasteiger partial charge in [-0.1, -0.05) is 66.4 Å². The van der Waals surface area contributed by atoms with Crippen molar-refractivity contribution in [1.82, 2.24) is 0 Å². The molecule has 0 heterocycles. The number of hydrogen-bond donors (Lipinski definition) is 2. The highest BCUT2D eigenvalue weighted by molar-refractivity contribution is 5.72. The van der Waals surface area contributed by atoms with Crippen LogP contribution in [0.5, 0.6) is 5.75 Å². The van der Waals surface area contributed by atoms with Gasteiger partial charge in [-0.15, -0.1) is 0 Å². The number of aliphatic carboxylic acids is 1. The lowest BCUT2D eigenvalue weighted by Gasteiger charge is -2.13. The van der Waals surface area contributed by atoms with E-state index in [1.54, 1.807) is 0 Å². The smallest absolute Gasteiger partial charge is 0.333 e. The highest BCUT2D eigenvalue weighted by Crippen LogP contribution is 2.22. The molecule has 3 aromatic rings. The first-order valence-electron chi connectivity index (χ1n) is 10.9. The minimum atomic E-state index is -0.963. The van der Waals surface area contributed by atoms with Crippen LogP contribution in [0.15, 0.2) is 78.9 Å². The average molecular weight is 444 g/mol. The number of methoxy groups -OCH3 is 1. The normalized spacial score (nSPS) is 12.3. The molecule has 0 aromatic heterocycles. The van der Waals surface area contributed by atoms with Crippen molar-refractivity contribution in [2.45, 2.75) is 31.4 Å². The van der Waals surface area contributed by atoms with Crippen molar-refractivity contribution in [3.63, 3.8) is 0 Å². The number of benzene rings is 3. The van der Waals surface area contributed by atoms with Gasteiger partial charge in [-0.25, -0.2) is 4.79 Å². The Morgan fingerprint density at radius 1 is 0.970 bits per heavy atom. The number of carbonyl (C=O) groups is 1. The van der Waals surface area contributed by atoms with E-state index >= 15 is 0 Å². The predicted molar refractivity (Wildman–Crippen MR) is 129 cm³/mol. The van der Waals surface area contributed by atoms with Gasteiger partial charge < -0.3 is 20.3 Å². The molecule has 2 atom stereocenters. The SMILES string of the molecule is COC(Cc1ccc(C#CCCCOc2ccc(C(N)c3ccccc3)cc2)cc1)C(=O)O. The number of hydrogen-bond acceptors (Lipinski definition) is 4. The third-order valence-corrected chi connectivity index (χ3v) is 5.28. The van der Waals surface area contributed by atoms with Gasteiger partial charge in [-0.2, -0.15) is 0 Å². The first-order valence-corrected chi connectivity index (χ1v) is 10.9. The van der Waals surface area contributed by atoms with Gasteiger partial charge in [0.1, 0.15) is 5.75 Å². The van der Waals surface area contributed by atoms with Gasteiger partial charge >= 0.3 is 5.97 Å². The number of carboxylic acids is 1. The molecular formula is C28H29NO4. The molecule has 0 aliphatic rings. The zero-order chi connectivity index (χ0) is 23.5. The monoisotopic (exact) mass is 443 g/mol. The fourth-order valence-electron chi connectivity index (χ4n) is 3.35. The van der Waals surface area contributed by atoms with Crippen LogP contribution in [0.2, 0.25) is 0 Å². The molecule has 0 aliphatic heterocycles. The lowest BCUT2D eigenvalue weighted by Crippen LogP contribution is -2.24. The third kappa shape index (κ3) is 7.50. The first-order chi connectivity index (χ1) is 16.1. The molecule has 0 aliphatic carbocycles. The van der Waals surface area contributed by atoms with E-state index in [4.69, 9.17) is 20.3 Å². The largest absolute Gasteiger partial charge is 0.494 e. The van der Waals surface area contributed by atoms with E-state index in [1.165, 1.54) is 7.11 Å². The third-order valence-electron chi connectivity index (χ3n) is 5.28. The summed E-state index contributed by atoms with van der Waals surface area (Å²) in [5.41, 5.74) is 10.3. The molecule has 0 amide bonds. The molecule has 170 valence electrons. The van der Waals surface area contributed by atoms with E-state index in [9.17, 15) is 4.79 Å². The Labute approximate surface area is 195 Å². The van der Waals surface area contributed by atoms with Gasteiger partial charge in [0, 0.05) is 25.5 Å². The molecule has 3 rings (SSSR count). The fourth-order valence-corrected chi connectivity index (χ4v) is 3.35. The van der Waals surface area contributed by atoms with Gasteiger partial charge in [-0.3, -0.25) is 0 Å². The van der Waals surface area contributed by atoms with Crippen molar-refractivity contribution in [3.8, 4) is 17.6 Å². The molecule has 0 radical (unpaired) electrons. The number of carboxylic acid groups (broad SMARTS) is 1. The van der Waals surface area contributed by atoms with Crippen LogP contribution in [-0.4, -0.2) is 30.9 Å². The Kier molecular flexibility index (Phi) is 9.08. The lowest BCUT2D eigenvalue weighted by molar-refractivity contribution is -0.148. The summed E-state index contributed by atoms with van der Waals surface area (Å²) < 4.78 is 10.8. The molecule has 0 saturated heterocycles. The Bertz CT molecular complexity index is 1070. The summed E-state index contributed by atoms with van der Waals surface area (Å²) >= 11 is 0. The van der Waals surface area contributed by atoms with Gasteiger partial charge in [0.05, 0.1) is 12.6 Å². The molecule has 0 bridgehead atoms. The van der Waals surface area contributed by atoms with Gasteiger partial charge in [-0.05, 0) is 47.4 Å². The zero-order valence-electron chi connectivity index (χ0n) is 18.7. The van der Waals surface area contributed by atoms with Gasteiger partial charge in [0.25, 0.3) is 0 Å². The standard InChI is InChI=1S/C28H29NO4/c1-32-26(28(30)31)20-22-13-11-21(12-14-22)8-4-3-7-19-33-25-17-15-24(16-18-25)27(29)23-9-5-2-6-10-23/h2,5-6,9-18,26-27H,3,7,19-20,29H2,1H3,(H,30,31). The van der Waals surface area contributed by atoms with E-state index in [-0.39, 0.29) is 6.04 Å². The predicted octanol–water partition coefficient (Wildman–Crippen LogP) is 4.59. The van der Waals surface area contributed by atoms with Gasteiger partial charge in [0.15, 0.2) is 6.10 Å². The summed E-state index contributed by atoms with van der Waals surface area (Å²) in [5, 5.41) is 9.06. The van der Waals surface area contributed by atoms with Crippen molar-refractivity contribution in [1.29, 1.82) is 0 Å². The second kappa shape index (κ2) is 12.4. The molecule has 5 heteroatoms. The summed E-state index contributed by atoms with van der Waals surface area (Å²) in [7, 11) is 1.40. The summed E-state index contributed by atoms with van der Waals surface area (Å²) in [6.45, 7) is 0.589. The molecule has 33 heavy (non-hydrogen) atoms. The quantitative estimate of drug-likeness (QED) is 0.354. The van der Waals surface area contributed by atoms with E-state index in [0.717, 1.165) is 40.8 Å². The molecule has 0 fully saturated rings. The zero-order valence-corrected chi connectivity index (χ0v) is 18.7. The molecule has 3 N–H and O–H groups in total. The van der Waals surface area contributed by atoms with E-state index in [1.807, 2.05) is 78.9 Å². The minimum absolute atomic E-state index is 0.150. The first kappa shape index (κ1) is 24.1. The van der Waals surface area contributed by atoms with Crippen molar-refractivity contribution in [2.24, 2.45) is 5.73 Å². The van der Waals surface area contributed by atoms with Crippen molar-refractivity contribution >= 4 is 5.97 Å². The molecule has 5 nitrogen and oxygen atoms in total. The van der Waals surface area contributed by atoms with Crippen LogP contribution in [0.25, 0.3) is 0 Å². The van der Waals surface area contributed by atoms with Crippen LogP contribution in [0, 0.1) is 11.8 Å². The molecule has 0 saturated carbocycles. The summed E-state index contributed by atoms with van der Waals surface area (Å²) in [6, 6.07) is 25.3. The van der Waals surface area contributed by atoms with Crippen LogP contribution in [-0.2, 0) is 16.0 Å². The Balaban J connectivity index is 1.40. The van der Waals surface area contributed by atoms with E-state index < -0.39 is 12.1 Å². The second-order valence-electron chi connectivity index (χ2n) is 7.67. The van der Waals surface area contributed by atoms with Crippen LogP contribution in [0.1, 0.15) is 41.1 Å². The van der Waals surface area contributed by atoms with E-state index in [0.29, 0.717) is 13.0 Å². The second-order valence-corrected chi connectivity index (χ2v) is 7.67. The van der Waals surface area contributed by atoms with E-state index in [2.05, 4.69) is 11.8 Å². The Hall–Kier alpha value is -3.59. The minimum Gasteiger partial charge on any atom is -0.494 e. The highest BCUT2D eigenvalue weighted by atomic mass is 16.5. The van der Waals surface area contributed by atoms with Crippen LogP contribution in [0.3, 0.4) is 0 Å². The van der Waals surface area contributed by atoms with Crippen LogP contribution < -0.4 is 10.5 Å². The van der Waals surface area contributed by atoms with Crippen LogP contribution in [0.4, 0.5) is 0 Å². The number of unbranched alkanes of at least 4 members (excludes halogenated alkanes) is 1. The summed E-state index contributed by atoms with van der Waals surface area (Å²) in [4.78, 5) is 11.1. The fraction of sp³-hybridized carbons (Fsp3) is 0.250.